The van der Waals surface area contributed by atoms with Gasteiger partial charge in [-0.3, -0.25) is 0 Å². The number of hydrogen-bond donors (Lipinski definition) is 0. The monoisotopic (exact) mass is 726 g/mol. The van der Waals surface area contributed by atoms with Crippen molar-refractivity contribution < 1.29 is 13.9 Å². The summed E-state index contributed by atoms with van der Waals surface area (Å²) in [5, 5.41) is 0. The number of fused-ring (bicyclic) bond motifs is 1. The van der Waals surface area contributed by atoms with Crippen LogP contribution < -0.4 is 9.47 Å². The van der Waals surface area contributed by atoms with Gasteiger partial charge in [0.1, 0.15) is 28.3 Å². The molecule has 6 aromatic rings. The average molecular weight is 727 g/mol. The molecule has 0 aliphatic heterocycles. The van der Waals surface area contributed by atoms with E-state index in [1.54, 1.807) is 28.7 Å². The molecule has 3 aromatic heterocycles. The molecule has 0 aliphatic carbocycles. The molecule has 0 bridgehead atoms. The van der Waals surface area contributed by atoms with Crippen molar-refractivity contribution in [2.24, 2.45) is 11.8 Å². The van der Waals surface area contributed by atoms with Gasteiger partial charge in [0, 0.05) is 25.1 Å². The van der Waals surface area contributed by atoms with Gasteiger partial charge in [-0.2, -0.15) is 8.75 Å². The number of hydrogen-bond acceptors (Lipinski definition) is 7. The lowest BCUT2D eigenvalue weighted by Crippen LogP contribution is -2.11. The number of rotatable bonds is 18. The molecule has 2 unspecified atom stereocenters. The summed E-state index contributed by atoms with van der Waals surface area (Å²) in [6, 6.07) is 26.4. The molecule has 6 rings (SSSR count). The predicted octanol–water partition coefficient (Wildman–Crippen LogP) is 13.8. The van der Waals surface area contributed by atoms with E-state index in [1.165, 1.54) is 38.5 Å². The molecule has 8 heteroatoms. The van der Waals surface area contributed by atoms with Crippen LogP contribution in [0.15, 0.2) is 78.9 Å². The van der Waals surface area contributed by atoms with Crippen LogP contribution in [0.25, 0.3) is 52.8 Å². The number of thiophene rings is 2. The van der Waals surface area contributed by atoms with Gasteiger partial charge in [0.15, 0.2) is 0 Å². The van der Waals surface area contributed by atoms with E-state index in [9.17, 15) is 0 Å². The first-order valence-electron chi connectivity index (χ1n) is 18.1. The van der Waals surface area contributed by atoms with Gasteiger partial charge in [0.2, 0.25) is 0 Å². The highest BCUT2D eigenvalue weighted by molar-refractivity contribution is 7.19. The van der Waals surface area contributed by atoms with E-state index in [0.29, 0.717) is 22.9 Å². The maximum Gasteiger partial charge on any atom is 0.134 e. The maximum absolute atomic E-state index is 16.1. The van der Waals surface area contributed by atoms with Gasteiger partial charge >= 0.3 is 0 Å². The third kappa shape index (κ3) is 8.64. The number of nitrogens with zero attached hydrogens (tertiary/aromatic N) is 2. The summed E-state index contributed by atoms with van der Waals surface area (Å²) in [6.45, 7) is 10.4. The largest absolute Gasteiger partial charge is 0.493 e. The van der Waals surface area contributed by atoms with Crippen molar-refractivity contribution in [3.63, 3.8) is 0 Å². The summed E-state index contributed by atoms with van der Waals surface area (Å²) in [5.74, 6) is 2.68. The highest BCUT2D eigenvalue weighted by Crippen LogP contribution is 2.44. The summed E-state index contributed by atoms with van der Waals surface area (Å²) in [4.78, 5) is 3.99. The molecule has 2 atom stereocenters. The summed E-state index contributed by atoms with van der Waals surface area (Å²) in [6.07, 6.45) is 9.61. The third-order valence-electron chi connectivity index (χ3n) is 9.55. The Morgan fingerprint density at radius 1 is 0.600 bits per heavy atom. The molecule has 3 heterocycles. The Kier molecular flexibility index (Phi) is 12.7. The number of ether oxygens (including phenoxy) is 2. The maximum atomic E-state index is 16.1. The minimum Gasteiger partial charge on any atom is -0.493 e. The Balaban J connectivity index is 1.16. The van der Waals surface area contributed by atoms with Crippen LogP contribution >= 0.6 is 34.4 Å². The number of unbranched alkanes of at least 4 members (excludes halogenated alkanes) is 2. The molecular formula is C42H47FN2O2S3. The van der Waals surface area contributed by atoms with Crippen molar-refractivity contribution in [1.29, 1.82) is 0 Å². The lowest BCUT2D eigenvalue weighted by atomic mass is 10.0. The topological polar surface area (TPSA) is 44.2 Å². The fraction of sp³-hybridized carbons (Fsp3) is 0.381. The van der Waals surface area contributed by atoms with Crippen LogP contribution in [0.5, 0.6) is 11.5 Å². The van der Waals surface area contributed by atoms with E-state index in [2.05, 4.69) is 78.9 Å². The van der Waals surface area contributed by atoms with Gasteiger partial charge in [0.05, 0.1) is 30.5 Å². The SMILES string of the molecule is CCCCC(CC)COc1ccc(-c2ccc(-c3cc(F)c(-c4ccc(-c5ccc(OCC(CC)CCCC)cc5)s4)c4nsnc34)s2)cc1. The molecule has 50 heavy (non-hydrogen) atoms. The first kappa shape index (κ1) is 36.2. The highest BCUT2D eigenvalue weighted by atomic mass is 32.1. The highest BCUT2D eigenvalue weighted by Gasteiger charge is 2.21. The molecule has 0 fully saturated rings. The van der Waals surface area contributed by atoms with E-state index >= 15 is 4.39 Å². The first-order chi connectivity index (χ1) is 24.5. The number of aromatic nitrogens is 2. The van der Waals surface area contributed by atoms with E-state index in [0.717, 1.165) is 91.0 Å². The van der Waals surface area contributed by atoms with Gasteiger partial charge in [0.25, 0.3) is 0 Å². The lowest BCUT2D eigenvalue weighted by Gasteiger charge is -2.15. The van der Waals surface area contributed by atoms with E-state index in [1.807, 2.05) is 30.3 Å². The fourth-order valence-electron chi connectivity index (χ4n) is 6.25. The van der Waals surface area contributed by atoms with Gasteiger partial charge in [-0.05, 0) is 115 Å². The van der Waals surface area contributed by atoms with Crippen LogP contribution in [0.3, 0.4) is 0 Å². The van der Waals surface area contributed by atoms with E-state index < -0.39 is 0 Å². The molecule has 262 valence electrons. The van der Waals surface area contributed by atoms with Crippen LogP contribution in [-0.4, -0.2) is 22.0 Å². The molecule has 0 spiro atoms. The summed E-state index contributed by atoms with van der Waals surface area (Å²) in [5.41, 5.74) is 4.82. The zero-order chi connectivity index (χ0) is 34.9. The molecule has 0 amide bonds. The number of halogens is 1. The zero-order valence-electron chi connectivity index (χ0n) is 29.5. The van der Waals surface area contributed by atoms with Crippen molar-refractivity contribution in [2.75, 3.05) is 13.2 Å². The molecule has 3 aromatic carbocycles. The molecular weight excluding hydrogens is 680 g/mol. The van der Waals surface area contributed by atoms with Crippen LogP contribution in [0, 0.1) is 17.7 Å². The predicted molar refractivity (Wildman–Crippen MR) is 212 cm³/mol. The zero-order valence-corrected chi connectivity index (χ0v) is 32.0. The van der Waals surface area contributed by atoms with Gasteiger partial charge in [-0.15, -0.1) is 22.7 Å². The van der Waals surface area contributed by atoms with Crippen molar-refractivity contribution in [2.45, 2.75) is 79.1 Å². The standard InChI is InChI=1S/C42H47FN2O2S3/c1-5-9-11-28(7-3)26-46-32-17-13-30(14-18-32)36-21-23-38(48-36)34-25-35(43)40(42-41(34)44-50-45-42)39-24-22-37(49-39)31-15-19-33(20-16-31)47-27-29(8-4)12-10-6-2/h13-25,28-29H,5-12,26-27H2,1-4H3. The van der Waals surface area contributed by atoms with Crippen LogP contribution in [0.2, 0.25) is 0 Å². The van der Waals surface area contributed by atoms with E-state index in [4.69, 9.17) is 9.47 Å². The van der Waals surface area contributed by atoms with Crippen molar-refractivity contribution >= 4 is 45.4 Å². The van der Waals surface area contributed by atoms with Gasteiger partial charge in [-0.1, -0.05) is 66.2 Å². The Labute approximate surface area is 308 Å². The first-order valence-corrected chi connectivity index (χ1v) is 20.5. The second-order valence-electron chi connectivity index (χ2n) is 13.1. The molecule has 0 aliphatic rings. The quantitative estimate of drug-likeness (QED) is 0.0884. The minimum absolute atomic E-state index is 0.285. The normalized spacial score (nSPS) is 12.7. The van der Waals surface area contributed by atoms with Crippen LogP contribution in [-0.2, 0) is 0 Å². The second-order valence-corrected chi connectivity index (χ2v) is 15.8. The van der Waals surface area contributed by atoms with Crippen molar-refractivity contribution in [3.8, 4) is 53.3 Å². The molecule has 0 radical (unpaired) electrons. The van der Waals surface area contributed by atoms with Gasteiger partial charge < -0.3 is 9.47 Å². The van der Waals surface area contributed by atoms with Crippen molar-refractivity contribution in [3.05, 3.63) is 84.7 Å². The summed E-state index contributed by atoms with van der Waals surface area (Å²) in [7, 11) is 0. The number of benzene rings is 3. The van der Waals surface area contributed by atoms with E-state index in [-0.39, 0.29) is 5.82 Å². The van der Waals surface area contributed by atoms with Gasteiger partial charge in [-0.25, -0.2) is 4.39 Å². The average Bonchev–Trinajstić information content (AvgIpc) is 3.94. The molecule has 4 nitrogen and oxygen atoms in total. The molecule has 0 saturated carbocycles. The smallest absolute Gasteiger partial charge is 0.134 e. The van der Waals surface area contributed by atoms with Crippen LogP contribution in [0.1, 0.15) is 79.1 Å². The third-order valence-corrected chi connectivity index (χ3v) is 12.4. The molecule has 0 N–H and O–H groups in total. The minimum atomic E-state index is -0.285. The fourth-order valence-corrected chi connectivity index (χ4v) is 8.91. The summed E-state index contributed by atoms with van der Waals surface area (Å²) < 4.78 is 37.6. The van der Waals surface area contributed by atoms with Crippen molar-refractivity contribution in [1.82, 2.24) is 8.75 Å². The lowest BCUT2D eigenvalue weighted by molar-refractivity contribution is 0.233. The Morgan fingerprint density at radius 2 is 1.08 bits per heavy atom. The second kappa shape index (κ2) is 17.6. The summed E-state index contributed by atoms with van der Waals surface area (Å²) >= 11 is 4.34. The Bertz CT molecular complexity index is 1940. The molecule has 0 saturated heterocycles. The van der Waals surface area contributed by atoms with Crippen LogP contribution in [0.4, 0.5) is 4.39 Å². The Hall–Kier alpha value is -3.59. The Morgan fingerprint density at radius 3 is 1.60 bits per heavy atom.